The molecule has 0 aliphatic carbocycles. The number of hydrogen-bond donors (Lipinski definition) is 1. The Morgan fingerprint density at radius 2 is 1.89 bits per heavy atom. The smallest absolute Gasteiger partial charge is 0.256 e. The molecule has 192 valence electrons. The molecule has 2 aromatic heterocycles. The molecule has 2 aromatic carbocycles. The minimum atomic E-state index is -0.0314. The number of amides is 1. The zero-order chi connectivity index (χ0) is 25.6. The van der Waals surface area contributed by atoms with Crippen LogP contribution in [-0.2, 0) is 17.8 Å². The van der Waals surface area contributed by atoms with Crippen LogP contribution in [0.2, 0.25) is 0 Å². The number of para-hydroxylation sites is 1. The predicted octanol–water partition coefficient (Wildman–Crippen LogP) is 4.73. The van der Waals surface area contributed by atoms with Crippen molar-refractivity contribution < 1.29 is 14.3 Å². The number of pyridine rings is 1. The van der Waals surface area contributed by atoms with Gasteiger partial charge in [0.25, 0.3) is 5.91 Å². The second-order valence-electron chi connectivity index (χ2n) is 9.54. The molecule has 1 saturated heterocycles. The van der Waals surface area contributed by atoms with Gasteiger partial charge in [0.1, 0.15) is 12.4 Å². The highest BCUT2D eigenvalue weighted by Crippen LogP contribution is 2.26. The average Bonchev–Trinajstić information content (AvgIpc) is 3.22. The second-order valence-corrected chi connectivity index (χ2v) is 9.54. The number of benzene rings is 2. The van der Waals surface area contributed by atoms with Gasteiger partial charge in [-0.15, -0.1) is 0 Å². The van der Waals surface area contributed by atoms with Crippen molar-refractivity contribution in [1.29, 1.82) is 0 Å². The van der Waals surface area contributed by atoms with Gasteiger partial charge < -0.3 is 19.4 Å². The van der Waals surface area contributed by atoms with Crippen LogP contribution in [-0.4, -0.2) is 65.1 Å². The van der Waals surface area contributed by atoms with E-state index in [0.29, 0.717) is 25.3 Å². The quantitative estimate of drug-likeness (QED) is 0.361. The van der Waals surface area contributed by atoms with E-state index < -0.39 is 0 Å². The molecule has 0 spiro atoms. The predicted molar refractivity (Wildman–Crippen MR) is 145 cm³/mol. The van der Waals surface area contributed by atoms with E-state index in [1.165, 1.54) is 5.56 Å². The minimum absolute atomic E-state index is 0.0314. The number of aromatic nitrogens is 2. The Hall–Kier alpha value is -3.68. The van der Waals surface area contributed by atoms with Crippen LogP contribution in [0.25, 0.3) is 10.9 Å². The Balaban J connectivity index is 1.35. The second kappa shape index (κ2) is 11.6. The van der Waals surface area contributed by atoms with Crippen LogP contribution in [0.15, 0.2) is 66.9 Å². The lowest BCUT2D eigenvalue weighted by Gasteiger charge is -2.26. The normalized spacial score (nSPS) is 14.1. The number of aryl methyl sites for hydroxylation is 2. The van der Waals surface area contributed by atoms with Crippen LogP contribution in [0.1, 0.15) is 32.9 Å². The molecule has 1 amide bonds. The highest BCUT2D eigenvalue weighted by atomic mass is 16.5. The van der Waals surface area contributed by atoms with Gasteiger partial charge in [0.2, 0.25) is 0 Å². The van der Waals surface area contributed by atoms with Crippen LogP contribution in [0.5, 0.6) is 5.75 Å². The van der Waals surface area contributed by atoms with Crippen LogP contribution in [0, 0.1) is 13.8 Å². The summed E-state index contributed by atoms with van der Waals surface area (Å²) in [7, 11) is 0. The van der Waals surface area contributed by atoms with E-state index in [1.54, 1.807) is 6.20 Å². The Kier molecular flexibility index (Phi) is 7.82. The van der Waals surface area contributed by atoms with E-state index in [0.717, 1.165) is 66.5 Å². The summed E-state index contributed by atoms with van der Waals surface area (Å²) in [5.41, 5.74) is 5.66. The van der Waals surface area contributed by atoms with Gasteiger partial charge in [0.05, 0.1) is 36.5 Å². The molecule has 37 heavy (non-hydrogen) atoms. The lowest BCUT2D eigenvalue weighted by Crippen LogP contribution is -2.38. The van der Waals surface area contributed by atoms with Gasteiger partial charge in [-0.05, 0) is 55.3 Å². The molecular formula is C30H34N4O3. The van der Waals surface area contributed by atoms with Crippen molar-refractivity contribution >= 4 is 16.8 Å². The summed E-state index contributed by atoms with van der Waals surface area (Å²) < 4.78 is 11.5. The van der Waals surface area contributed by atoms with E-state index in [-0.39, 0.29) is 5.91 Å². The zero-order valence-electron chi connectivity index (χ0n) is 21.6. The van der Waals surface area contributed by atoms with Gasteiger partial charge in [0.15, 0.2) is 0 Å². The van der Waals surface area contributed by atoms with Crippen molar-refractivity contribution in [1.82, 2.24) is 19.8 Å². The molecule has 0 radical (unpaired) electrons. The first-order valence-electron chi connectivity index (χ1n) is 12.9. The maximum atomic E-state index is 14.0. The monoisotopic (exact) mass is 498 g/mol. The first-order chi connectivity index (χ1) is 18.1. The Morgan fingerprint density at radius 3 is 2.70 bits per heavy atom. The third-order valence-electron chi connectivity index (χ3n) is 6.99. The van der Waals surface area contributed by atoms with Crippen molar-refractivity contribution in [2.24, 2.45) is 0 Å². The van der Waals surface area contributed by atoms with Crippen LogP contribution >= 0.6 is 0 Å². The molecule has 3 heterocycles. The van der Waals surface area contributed by atoms with E-state index in [2.05, 4.69) is 27.9 Å². The van der Waals surface area contributed by atoms with Gasteiger partial charge in [-0.25, -0.2) is 0 Å². The summed E-state index contributed by atoms with van der Waals surface area (Å²) in [5, 5.41) is 1.08. The van der Waals surface area contributed by atoms with Crippen molar-refractivity contribution in [2.75, 3.05) is 39.5 Å². The zero-order valence-corrected chi connectivity index (χ0v) is 21.6. The van der Waals surface area contributed by atoms with Crippen molar-refractivity contribution in [3.63, 3.8) is 0 Å². The Labute approximate surface area is 218 Å². The molecule has 1 aliphatic heterocycles. The van der Waals surface area contributed by atoms with Crippen LogP contribution < -0.4 is 4.74 Å². The lowest BCUT2D eigenvalue weighted by atomic mass is 10.1. The molecular weight excluding hydrogens is 464 g/mol. The number of nitrogens with zero attached hydrogens (tertiary/aromatic N) is 3. The molecule has 1 fully saturated rings. The minimum Gasteiger partial charge on any atom is -0.492 e. The average molecular weight is 499 g/mol. The van der Waals surface area contributed by atoms with Gasteiger partial charge in [-0.2, -0.15) is 0 Å². The highest BCUT2D eigenvalue weighted by Gasteiger charge is 2.21. The fraction of sp³-hybridized carbons (Fsp3) is 0.333. The number of fused-ring (bicyclic) bond motifs is 1. The summed E-state index contributed by atoms with van der Waals surface area (Å²) in [6, 6.07) is 19.7. The maximum Gasteiger partial charge on any atom is 0.256 e. The summed E-state index contributed by atoms with van der Waals surface area (Å²) >= 11 is 0. The summed E-state index contributed by atoms with van der Waals surface area (Å²) in [5.74, 6) is 0.782. The van der Waals surface area contributed by atoms with E-state index in [9.17, 15) is 4.79 Å². The first-order valence-corrected chi connectivity index (χ1v) is 12.9. The summed E-state index contributed by atoms with van der Waals surface area (Å²) in [6.45, 7) is 9.93. The standard InChI is InChI=1S/C30H34N4O3/c1-22-23(2)32-29-27(22)10-6-11-28(29)30(35)34(21-25-8-3-4-12-31-25)20-24-7-5-9-26(19-24)37-18-15-33-13-16-36-17-14-33/h3-12,19,32H,13-18,20-21H2,1-2H3. The molecule has 0 saturated carbocycles. The molecule has 1 aliphatic rings. The molecule has 7 nitrogen and oxygen atoms in total. The number of carbonyl (C=O) groups is 1. The highest BCUT2D eigenvalue weighted by molar-refractivity contribution is 6.06. The van der Waals surface area contributed by atoms with Gasteiger partial charge >= 0.3 is 0 Å². The number of nitrogens with one attached hydrogen (secondary N) is 1. The number of carbonyl (C=O) groups excluding carboxylic acids is 1. The largest absolute Gasteiger partial charge is 0.492 e. The number of ether oxygens (including phenoxy) is 2. The van der Waals surface area contributed by atoms with Gasteiger partial charge in [-0.3, -0.25) is 14.7 Å². The fourth-order valence-corrected chi connectivity index (χ4v) is 4.79. The third kappa shape index (κ3) is 6.01. The van der Waals surface area contributed by atoms with Crippen molar-refractivity contribution in [3.8, 4) is 5.75 Å². The SMILES string of the molecule is Cc1[nH]c2c(C(=O)N(Cc3cccc(OCCN4CCOCC4)c3)Cc3ccccn3)cccc2c1C. The maximum absolute atomic E-state index is 14.0. The molecule has 0 unspecified atom stereocenters. The topological polar surface area (TPSA) is 70.7 Å². The fourth-order valence-electron chi connectivity index (χ4n) is 4.79. The number of hydrogen-bond acceptors (Lipinski definition) is 5. The van der Waals surface area contributed by atoms with Crippen molar-refractivity contribution in [2.45, 2.75) is 26.9 Å². The van der Waals surface area contributed by atoms with Gasteiger partial charge in [-0.1, -0.05) is 30.3 Å². The van der Waals surface area contributed by atoms with E-state index in [4.69, 9.17) is 9.47 Å². The Morgan fingerprint density at radius 1 is 1.05 bits per heavy atom. The first kappa shape index (κ1) is 25.0. The number of morpholine rings is 1. The lowest BCUT2D eigenvalue weighted by molar-refractivity contribution is 0.0322. The Bertz CT molecular complexity index is 1350. The van der Waals surface area contributed by atoms with Gasteiger partial charge in [0, 0.05) is 43.5 Å². The molecule has 0 bridgehead atoms. The van der Waals surface area contributed by atoms with Crippen LogP contribution in [0.4, 0.5) is 0 Å². The summed E-state index contributed by atoms with van der Waals surface area (Å²) in [6.07, 6.45) is 1.76. The van der Waals surface area contributed by atoms with E-state index in [1.807, 2.05) is 66.4 Å². The van der Waals surface area contributed by atoms with Crippen LogP contribution in [0.3, 0.4) is 0 Å². The molecule has 1 N–H and O–H groups in total. The molecule has 7 heteroatoms. The summed E-state index contributed by atoms with van der Waals surface area (Å²) in [4.78, 5) is 26.1. The molecule has 4 aromatic rings. The molecule has 0 atom stereocenters. The molecule has 5 rings (SSSR count). The number of rotatable bonds is 9. The third-order valence-corrected chi connectivity index (χ3v) is 6.99. The van der Waals surface area contributed by atoms with Crippen molar-refractivity contribution in [3.05, 3.63) is 94.9 Å². The number of aromatic amines is 1. The van der Waals surface area contributed by atoms with E-state index >= 15 is 0 Å². The number of H-pyrrole nitrogens is 1.